The smallest absolute Gasteiger partial charge is 0.296 e. The second-order valence-corrected chi connectivity index (χ2v) is 7.37. The fraction of sp³-hybridized carbons (Fsp3) is 0.562. The van der Waals surface area contributed by atoms with Gasteiger partial charge in [0.2, 0.25) is 11.9 Å². The van der Waals surface area contributed by atoms with Gasteiger partial charge in [-0.05, 0) is 6.92 Å². The highest BCUT2D eigenvalue weighted by molar-refractivity contribution is 6.18. The molecule has 1 fully saturated rings. The van der Waals surface area contributed by atoms with E-state index in [1.165, 1.54) is 18.9 Å². The number of aromatic nitrogens is 2. The van der Waals surface area contributed by atoms with Crippen LogP contribution < -0.4 is 4.57 Å². The summed E-state index contributed by atoms with van der Waals surface area (Å²) in [5.74, 6) is 0.609. The summed E-state index contributed by atoms with van der Waals surface area (Å²) in [4.78, 5) is 43.5. The van der Waals surface area contributed by atoms with E-state index in [1.54, 1.807) is 11.6 Å². The van der Waals surface area contributed by atoms with E-state index < -0.39 is 12.1 Å². The van der Waals surface area contributed by atoms with Gasteiger partial charge >= 0.3 is 12.0 Å². The number of amidine groups is 1. The summed E-state index contributed by atoms with van der Waals surface area (Å²) in [5.41, 5.74) is 0.707. The largest absolute Gasteiger partial charge is 0.402 e. The average Bonchev–Trinajstić information content (AvgIpc) is 2.99. The van der Waals surface area contributed by atoms with E-state index in [2.05, 4.69) is 4.99 Å². The summed E-state index contributed by atoms with van der Waals surface area (Å²) in [6.07, 6.45) is 1.87. The van der Waals surface area contributed by atoms with E-state index in [-0.39, 0.29) is 23.7 Å². The minimum absolute atomic E-state index is 0.00227. The number of carbonyl (C=O) groups excluding carboxylic acids is 3. The molecule has 0 N–H and O–H groups in total. The second-order valence-electron chi connectivity index (χ2n) is 7.37. The third-order valence-corrected chi connectivity index (χ3v) is 4.39. The lowest BCUT2D eigenvalue weighted by atomic mass is 9.92. The predicted molar refractivity (Wildman–Crippen MR) is 86.1 cm³/mol. The summed E-state index contributed by atoms with van der Waals surface area (Å²) < 4.78 is 3.60. The molecule has 3 heterocycles. The highest BCUT2D eigenvalue weighted by Crippen LogP contribution is 2.32. The van der Waals surface area contributed by atoms with Crippen LogP contribution in [0.2, 0.25) is 0 Å². The fourth-order valence-electron chi connectivity index (χ4n) is 3.17. The van der Waals surface area contributed by atoms with Gasteiger partial charge in [0.15, 0.2) is 5.78 Å². The van der Waals surface area contributed by atoms with E-state index in [4.69, 9.17) is 0 Å². The number of hydrogen-bond acceptors (Lipinski definition) is 4. The van der Waals surface area contributed by atoms with Crippen LogP contribution in [0.4, 0.5) is 10.7 Å². The minimum Gasteiger partial charge on any atom is -0.296 e. The molecule has 0 aliphatic carbocycles. The number of imidazole rings is 1. The number of fused-ring (bicyclic) bond motifs is 3. The molecule has 0 bridgehead atoms. The Hall–Kier alpha value is -2.51. The van der Waals surface area contributed by atoms with Crippen molar-refractivity contribution in [3.63, 3.8) is 0 Å². The van der Waals surface area contributed by atoms with Gasteiger partial charge in [0.25, 0.3) is 5.91 Å². The molecule has 24 heavy (non-hydrogen) atoms. The zero-order chi connectivity index (χ0) is 18.0. The lowest BCUT2D eigenvalue weighted by Gasteiger charge is -2.30. The first-order chi connectivity index (χ1) is 11.0. The van der Waals surface area contributed by atoms with Gasteiger partial charge in [-0.2, -0.15) is 0 Å². The fourth-order valence-corrected chi connectivity index (χ4v) is 3.17. The van der Waals surface area contributed by atoms with Gasteiger partial charge in [0.1, 0.15) is 18.4 Å². The third-order valence-electron chi connectivity index (χ3n) is 4.39. The number of imide groups is 1. The van der Waals surface area contributed by atoms with E-state index in [1.807, 2.05) is 31.5 Å². The maximum absolute atomic E-state index is 12.6. The molecule has 0 spiro atoms. The van der Waals surface area contributed by atoms with Crippen molar-refractivity contribution in [2.24, 2.45) is 4.99 Å². The molecule has 8 heteroatoms. The van der Waals surface area contributed by atoms with Gasteiger partial charge in [-0.25, -0.2) is 13.9 Å². The Labute approximate surface area is 140 Å². The van der Waals surface area contributed by atoms with Crippen molar-refractivity contribution in [3.05, 3.63) is 11.9 Å². The van der Waals surface area contributed by atoms with Crippen LogP contribution >= 0.6 is 0 Å². The quantitative estimate of drug-likeness (QED) is 0.751. The van der Waals surface area contributed by atoms with Crippen LogP contribution in [0.1, 0.15) is 39.4 Å². The Morgan fingerprint density at radius 2 is 1.88 bits per heavy atom. The molecule has 1 saturated heterocycles. The molecule has 1 atom stereocenters. The topological polar surface area (TPSA) is 78.9 Å². The van der Waals surface area contributed by atoms with Crippen molar-refractivity contribution in [1.82, 2.24) is 14.4 Å². The molecule has 0 saturated carbocycles. The van der Waals surface area contributed by atoms with Gasteiger partial charge in [-0.1, -0.05) is 25.8 Å². The van der Waals surface area contributed by atoms with Crippen LogP contribution in [0, 0.1) is 0 Å². The number of aliphatic imine (C=N–C) groups is 1. The van der Waals surface area contributed by atoms with E-state index in [0.29, 0.717) is 11.8 Å². The molecule has 3 amide bonds. The number of Topliss-reactive ketones (excluding diaryl/α,β-unsaturated/α-hetero) is 1. The molecule has 2 aliphatic heterocycles. The van der Waals surface area contributed by atoms with Crippen molar-refractivity contribution < 1.29 is 19.0 Å². The van der Waals surface area contributed by atoms with Crippen molar-refractivity contribution >= 4 is 29.5 Å². The van der Waals surface area contributed by atoms with Crippen molar-refractivity contribution in [2.75, 3.05) is 14.1 Å². The monoisotopic (exact) mass is 332 g/mol. The molecule has 8 nitrogen and oxygen atoms in total. The molecule has 0 aromatic carbocycles. The van der Waals surface area contributed by atoms with Gasteiger partial charge in [0.05, 0.1) is 0 Å². The number of nitrogens with zero attached hydrogens (tertiary/aromatic N) is 5. The van der Waals surface area contributed by atoms with Crippen LogP contribution in [-0.2, 0) is 21.5 Å². The summed E-state index contributed by atoms with van der Waals surface area (Å²) in [6, 6.07) is -1.07. The number of rotatable bonds is 2. The molecule has 1 aromatic rings. The highest BCUT2D eigenvalue weighted by atomic mass is 16.2. The van der Waals surface area contributed by atoms with Crippen LogP contribution in [0.15, 0.2) is 11.2 Å². The first-order valence-electron chi connectivity index (χ1n) is 7.82. The maximum Gasteiger partial charge on any atom is 0.402 e. The van der Waals surface area contributed by atoms with Crippen LogP contribution in [0.3, 0.4) is 0 Å². The maximum atomic E-state index is 12.6. The lowest BCUT2D eigenvalue weighted by molar-refractivity contribution is -0.677. The van der Waals surface area contributed by atoms with Crippen molar-refractivity contribution in [1.29, 1.82) is 0 Å². The summed E-state index contributed by atoms with van der Waals surface area (Å²) in [7, 11) is 3.07. The summed E-state index contributed by atoms with van der Waals surface area (Å²) in [5, 5.41) is 0. The number of carbonyl (C=O) groups is 3. The molecular formula is C16H22N5O3+. The SMILES string of the molecule is CC(=O)Cn1c(C(C)(C)C)c[n+]2c1N=C1C2C(=O)N(C)C(=O)N1C. The normalized spacial score (nSPS) is 20.2. The Bertz CT molecular complexity index is 799. The zero-order valence-electron chi connectivity index (χ0n) is 14.8. The molecule has 128 valence electrons. The molecule has 3 rings (SSSR count). The Morgan fingerprint density at radius 1 is 1.25 bits per heavy atom. The van der Waals surface area contributed by atoms with Gasteiger partial charge in [0, 0.05) is 19.5 Å². The summed E-state index contributed by atoms with van der Waals surface area (Å²) >= 11 is 0. The Morgan fingerprint density at radius 3 is 2.42 bits per heavy atom. The molecule has 2 aliphatic rings. The van der Waals surface area contributed by atoms with E-state index in [0.717, 1.165) is 10.6 Å². The van der Waals surface area contributed by atoms with E-state index in [9.17, 15) is 14.4 Å². The van der Waals surface area contributed by atoms with Crippen LogP contribution in [-0.4, -0.2) is 52.0 Å². The molecule has 1 aromatic heterocycles. The first kappa shape index (κ1) is 16.4. The third kappa shape index (κ3) is 2.16. The van der Waals surface area contributed by atoms with Crippen molar-refractivity contribution in [3.8, 4) is 0 Å². The predicted octanol–water partition coefficient (Wildman–Crippen LogP) is 0.771. The number of likely N-dealkylation sites (N-methyl/N-ethyl adjacent to an activating group) is 2. The summed E-state index contributed by atoms with van der Waals surface area (Å²) in [6.45, 7) is 7.84. The van der Waals surface area contributed by atoms with Gasteiger partial charge in [-0.3, -0.25) is 19.4 Å². The highest BCUT2D eigenvalue weighted by Gasteiger charge is 2.52. The number of amides is 3. The Balaban J connectivity index is 2.21. The van der Waals surface area contributed by atoms with Crippen molar-refractivity contribution in [2.45, 2.75) is 45.7 Å². The first-order valence-corrected chi connectivity index (χ1v) is 7.82. The number of urea groups is 1. The standard InChI is InChI=1S/C16H22N5O3/c1-9(22)7-20-10(16(2,3)4)8-21-11-12(17-14(20)21)18(5)15(24)19(6)13(11)23/h8,11H,7H2,1-6H3/q+1. The van der Waals surface area contributed by atoms with E-state index >= 15 is 0 Å². The molecule has 1 unspecified atom stereocenters. The number of hydrogen-bond donors (Lipinski definition) is 0. The number of ketones is 1. The van der Waals surface area contributed by atoms with Crippen LogP contribution in [0.25, 0.3) is 0 Å². The van der Waals surface area contributed by atoms with Gasteiger partial charge in [-0.15, -0.1) is 0 Å². The lowest BCUT2D eigenvalue weighted by Crippen LogP contribution is -2.61. The van der Waals surface area contributed by atoms with Gasteiger partial charge < -0.3 is 0 Å². The average molecular weight is 332 g/mol. The zero-order valence-corrected chi connectivity index (χ0v) is 14.8. The molecule has 0 radical (unpaired) electrons. The Kier molecular flexibility index (Phi) is 3.40. The van der Waals surface area contributed by atoms with Crippen LogP contribution in [0.5, 0.6) is 0 Å². The second kappa shape index (κ2) is 4.99. The molecular weight excluding hydrogens is 310 g/mol. The minimum atomic E-state index is -0.665.